The first kappa shape index (κ1) is 19.2. The summed E-state index contributed by atoms with van der Waals surface area (Å²) >= 11 is 3.32. The fourth-order valence-corrected chi connectivity index (χ4v) is 2.28. The SMILES string of the molecule is CN(C)C(=O)CCCC(=O)NC(CC(=O)O)c1ccc(Br)cc1. The number of hydrogen-bond acceptors (Lipinski definition) is 3. The van der Waals surface area contributed by atoms with E-state index < -0.39 is 12.0 Å². The monoisotopic (exact) mass is 384 g/mol. The van der Waals surface area contributed by atoms with E-state index in [0.717, 1.165) is 10.0 Å². The van der Waals surface area contributed by atoms with Gasteiger partial charge in [0, 0.05) is 31.4 Å². The fraction of sp³-hybridized carbons (Fsp3) is 0.438. The second kappa shape index (κ2) is 9.29. The lowest BCUT2D eigenvalue weighted by Gasteiger charge is -2.18. The lowest BCUT2D eigenvalue weighted by molar-refractivity contribution is -0.137. The first-order valence-corrected chi connectivity index (χ1v) is 8.05. The minimum absolute atomic E-state index is 0.0344. The summed E-state index contributed by atoms with van der Waals surface area (Å²) in [5, 5.41) is 11.7. The fourth-order valence-electron chi connectivity index (χ4n) is 2.01. The van der Waals surface area contributed by atoms with Crippen molar-refractivity contribution in [2.75, 3.05) is 14.1 Å². The third-order valence-corrected chi connectivity index (χ3v) is 3.81. The maximum Gasteiger partial charge on any atom is 0.305 e. The number of nitrogens with one attached hydrogen (secondary N) is 1. The maximum atomic E-state index is 12.0. The number of rotatable bonds is 8. The van der Waals surface area contributed by atoms with Gasteiger partial charge in [-0.05, 0) is 24.1 Å². The van der Waals surface area contributed by atoms with E-state index in [1.165, 1.54) is 4.90 Å². The zero-order valence-electron chi connectivity index (χ0n) is 13.2. The molecule has 0 aliphatic rings. The molecule has 0 saturated heterocycles. The zero-order chi connectivity index (χ0) is 17.4. The van der Waals surface area contributed by atoms with E-state index in [1.54, 1.807) is 38.4 Å². The Morgan fingerprint density at radius 2 is 1.78 bits per heavy atom. The summed E-state index contributed by atoms with van der Waals surface area (Å²) in [6.45, 7) is 0. The predicted octanol–water partition coefficient (Wildman–Crippen LogP) is 2.34. The second-order valence-electron chi connectivity index (χ2n) is 5.41. The molecule has 0 bridgehead atoms. The summed E-state index contributed by atoms with van der Waals surface area (Å²) in [7, 11) is 3.33. The molecule has 0 aliphatic carbocycles. The van der Waals surface area contributed by atoms with Crippen LogP contribution in [0.15, 0.2) is 28.7 Å². The van der Waals surface area contributed by atoms with Gasteiger partial charge in [-0.15, -0.1) is 0 Å². The van der Waals surface area contributed by atoms with Crippen molar-refractivity contribution in [3.8, 4) is 0 Å². The van der Waals surface area contributed by atoms with Crippen molar-refractivity contribution in [3.63, 3.8) is 0 Å². The van der Waals surface area contributed by atoms with E-state index in [4.69, 9.17) is 5.11 Å². The Morgan fingerprint density at radius 1 is 1.17 bits per heavy atom. The highest BCUT2D eigenvalue weighted by Crippen LogP contribution is 2.20. The Hall–Kier alpha value is -1.89. The van der Waals surface area contributed by atoms with Crippen LogP contribution in [-0.4, -0.2) is 41.9 Å². The molecular formula is C16H21BrN2O4. The molecule has 1 rings (SSSR count). The molecule has 0 fully saturated rings. The first-order valence-electron chi connectivity index (χ1n) is 7.26. The number of amides is 2. The third-order valence-electron chi connectivity index (χ3n) is 3.28. The van der Waals surface area contributed by atoms with Crippen LogP contribution in [0.5, 0.6) is 0 Å². The first-order chi connectivity index (χ1) is 10.8. The van der Waals surface area contributed by atoms with Crippen molar-refractivity contribution in [3.05, 3.63) is 34.3 Å². The summed E-state index contributed by atoms with van der Waals surface area (Å²) in [6.07, 6.45) is 0.724. The maximum absolute atomic E-state index is 12.0. The number of nitrogens with zero attached hydrogens (tertiary/aromatic N) is 1. The van der Waals surface area contributed by atoms with Crippen molar-refractivity contribution in [2.45, 2.75) is 31.7 Å². The van der Waals surface area contributed by atoms with Gasteiger partial charge in [0.15, 0.2) is 0 Å². The van der Waals surface area contributed by atoms with E-state index in [2.05, 4.69) is 21.2 Å². The topological polar surface area (TPSA) is 86.7 Å². The van der Waals surface area contributed by atoms with Crippen molar-refractivity contribution < 1.29 is 19.5 Å². The van der Waals surface area contributed by atoms with Crippen LogP contribution in [0.1, 0.15) is 37.3 Å². The molecule has 0 aromatic heterocycles. The molecule has 7 heteroatoms. The molecule has 0 aliphatic heterocycles. The van der Waals surface area contributed by atoms with Gasteiger partial charge < -0.3 is 15.3 Å². The standard InChI is InChI=1S/C16H21BrN2O4/c1-19(2)15(21)5-3-4-14(20)18-13(10-16(22)23)11-6-8-12(17)9-7-11/h6-9,13H,3-5,10H2,1-2H3,(H,18,20)(H,22,23). The Balaban J connectivity index is 2.59. The third kappa shape index (κ3) is 7.27. The molecule has 23 heavy (non-hydrogen) atoms. The predicted molar refractivity (Wildman–Crippen MR) is 89.8 cm³/mol. The van der Waals surface area contributed by atoms with Gasteiger partial charge in [0.2, 0.25) is 11.8 Å². The van der Waals surface area contributed by atoms with Crippen LogP contribution in [0.4, 0.5) is 0 Å². The number of hydrogen-bond donors (Lipinski definition) is 2. The number of benzene rings is 1. The van der Waals surface area contributed by atoms with Crippen LogP contribution in [0.25, 0.3) is 0 Å². The molecule has 0 saturated carbocycles. The summed E-state index contributed by atoms with van der Waals surface area (Å²) in [5.41, 5.74) is 0.730. The van der Waals surface area contributed by atoms with Crippen LogP contribution in [0.2, 0.25) is 0 Å². The average Bonchev–Trinajstić information content (AvgIpc) is 2.46. The highest BCUT2D eigenvalue weighted by molar-refractivity contribution is 9.10. The van der Waals surface area contributed by atoms with Gasteiger partial charge in [-0.2, -0.15) is 0 Å². The Kier molecular flexibility index (Phi) is 7.74. The van der Waals surface area contributed by atoms with Gasteiger partial charge in [-0.25, -0.2) is 0 Å². The van der Waals surface area contributed by atoms with Gasteiger partial charge in [-0.1, -0.05) is 28.1 Å². The van der Waals surface area contributed by atoms with E-state index in [0.29, 0.717) is 12.8 Å². The molecule has 126 valence electrons. The molecule has 1 aromatic carbocycles. The van der Waals surface area contributed by atoms with Crippen LogP contribution < -0.4 is 5.32 Å². The minimum atomic E-state index is -0.985. The number of carbonyl (C=O) groups excluding carboxylic acids is 2. The van der Waals surface area contributed by atoms with E-state index in [1.807, 2.05) is 0 Å². The van der Waals surface area contributed by atoms with Gasteiger partial charge >= 0.3 is 5.97 Å². The van der Waals surface area contributed by atoms with Gasteiger partial charge in [0.05, 0.1) is 12.5 Å². The molecule has 0 radical (unpaired) electrons. The average molecular weight is 385 g/mol. The molecule has 0 spiro atoms. The normalized spacial score (nSPS) is 11.6. The number of carbonyl (C=O) groups is 3. The molecule has 2 amide bonds. The molecule has 1 aromatic rings. The zero-order valence-corrected chi connectivity index (χ0v) is 14.8. The van der Waals surface area contributed by atoms with Crippen molar-refractivity contribution in [1.29, 1.82) is 0 Å². The number of carboxylic acid groups (broad SMARTS) is 1. The summed E-state index contributed by atoms with van der Waals surface area (Å²) in [4.78, 5) is 35.9. The molecule has 0 heterocycles. The molecular weight excluding hydrogens is 364 g/mol. The van der Waals surface area contributed by atoms with Crippen molar-refractivity contribution in [1.82, 2.24) is 10.2 Å². The highest BCUT2D eigenvalue weighted by Gasteiger charge is 2.18. The van der Waals surface area contributed by atoms with Crippen LogP contribution >= 0.6 is 15.9 Å². The molecule has 1 atom stereocenters. The number of carboxylic acids is 1. The van der Waals surface area contributed by atoms with Gasteiger partial charge in [0.1, 0.15) is 0 Å². The lowest BCUT2D eigenvalue weighted by atomic mass is 10.0. The Morgan fingerprint density at radius 3 is 2.30 bits per heavy atom. The smallest absolute Gasteiger partial charge is 0.305 e. The van der Waals surface area contributed by atoms with Crippen LogP contribution in [0, 0.1) is 0 Å². The molecule has 1 unspecified atom stereocenters. The summed E-state index contributed by atoms with van der Waals surface area (Å²) in [5.74, 6) is -1.28. The van der Waals surface area contributed by atoms with E-state index in [-0.39, 0.29) is 24.7 Å². The molecule has 2 N–H and O–H groups in total. The van der Waals surface area contributed by atoms with Crippen LogP contribution in [-0.2, 0) is 14.4 Å². The van der Waals surface area contributed by atoms with Gasteiger partial charge in [-0.3, -0.25) is 14.4 Å². The Bertz CT molecular complexity index is 558. The van der Waals surface area contributed by atoms with Crippen molar-refractivity contribution in [2.24, 2.45) is 0 Å². The summed E-state index contributed by atoms with van der Waals surface area (Å²) < 4.78 is 0.879. The molecule has 6 nitrogen and oxygen atoms in total. The second-order valence-corrected chi connectivity index (χ2v) is 6.33. The lowest BCUT2D eigenvalue weighted by Crippen LogP contribution is -2.30. The van der Waals surface area contributed by atoms with E-state index >= 15 is 0 Å². The quantitative estimate of drug-likeness (QED) is 0.719. The number of halogens is 1. The Labute approximate surface area is 144 Å². The summed E-state index contributed by atoms with van der Waals surface area (Å²) in [6, 6.07) is 6.55. The largest absolute Gasteiger partial charge is 0.481 e. The van der Waals surface area contributed by atoms with Crippen LogP contribution in [0.3, 0.4) is 0 Å². The van der Waals surface area contributed by atoms with Crippen molar-refractivity contribution >= 4 is 33.7 Å². The number of aliphatic carboxylic acids is 1. The minimum Gasteiger partial charge on any atom is -0.481 e. The highest BCUT2D eigenvalue weighted by atomic mass is 79.9. The van der Waals surface area contributed by atoms with E-state index in [9.17, 15) is 14.4 Å². The van der Waals surface area contributed by atoms with Gasteiger partial charge in [0.25, 0.3) is 0 Å².